The van der Waals surface area contributed by atoms with E-state index >= 15 is 0 Å². The van der Waals surface area contributed by atoms with Gasteiger partial charge in [0.2, 0.25) is 0 Å². The molecule has 1 aliphatic rings. The average molecular weight is 362 g/mol. The Morgan fingerprint density at radius 1 is 1.04 bits per heavy atom. The number of nitrogens with zero attached hydrogens (tertiary/aromatic N) is 2. The van der Waals surface area contributed by atoms with E-state index in [0.29, 0.717) is 12.3 Å². The smallest absolute Gasteiger partial charge is 0.260 e. The number of benzene rings is 2. The third-order valence-electron chi connectivity index (χ3n) is 4.77. The van der Waals surface area contributed by atoms with Gasteiger partial charge in [-0.05, 0) is 47.9 Å². The minimum atomic E-state index is -0.00816. The molecule has 0 saturated carbocycles. The molecule has 1 atom stereocenters. The van der Waals surface area contributed by atoms with Crippen LogP contribution in [-0.2, 0) is 4.79 Å². The maximum Gasteiger partial charge on any atom is 0.260 e. The summed E-state index contributed by atoms with van der Waals surface area (Å²) in [5.74, 6) is 1.49. The number of pyridine rings is 1. The van der Waals surface area contributed by atoms with Crippen molar-refractivity contribution >= 4 is 16.7 Å². The van der Waals surface area contributed by atoms with Gasteiger partial charge in [-0.25, -0.2) is 0 Å². The first-order chi connectivity index (χ1) is 13.3. The lowest BCUT2D eigenvalue weighted by Gasteiger charge is -2.32. The third kappa shape index (κ3) is 4.37. The summed E-state index contributed by atoms with van der Waals surface area (Å²) in [7, 11) is 0. The number of piperidine rings is 1. The second-order valence-electron chi connectivity index (χ2n) is 6.70. The molecule has 2 aromatic carbocycles. The van der Waals surface area contributed by atoms with Crippen LogP contribution in [0, 0.1) is 0 Å². The largest absolute Gasteiger partial charge is 0.488 e. The van der Waals surface area contributed by atoms with Crippen molar-refractivity contribution in [3.05, 3.63) is 67.0 Å². The van der Waals surface area contributed by atoms with E-state index < -0.39 is 0 Å². The normalized spacial score (nSPS) is 16.9. The van der Waals surface area contributed by atoms with Crippen LogP contribution in [0.4, 0.5) is 0 Å². The van der Waals surface area contributed by atoms with Gasteiger partial charge in [0.15, 0.2) is 6.61 Å². The number of aromatic nitrogens is 1. The Balaban J connectivity index is 1.33. The summed E-state index contributed by atoms with van der Waals surface area (Å²) < 4.78 is 11.7. The zero-order valence-electron chi connectivity index (χ0n) is 15.1. The highest BCUT2D eigenvalue weighted by Gasteiger charge is 2.25. The van der Waals surface area contributed by atoms with Crippen LogP contribution in [0.3, 0.4) is 0 Å². The van der Waals surface area contributed by atoms with E-state index in [0.717, 1.165) is 35.9 Å². The molecule has 0 spiro atoms. The summed E-state index contributed by atoms with van der Waals surface area (Å²) in [6.45, 7) is 1.37. The molecule has 1 aromatic heterocycles. The highest BCUT2D eigenvalue weighted by molar-refractivity contribution is 5.84. The highest BCUT2D eigenvalue weighted by Crippen LogP contribution is 2.21. The fraction of sp³-hybridized carbons (Fsp3) is 0.273. The van der Waals surface area contributed by atoms with Gasteiger partial charge in [0.1, 0.15) is 17.6 Å². The summed E-state index contributed by atoms with van der Waals surface area (Å²) in [5.41, 5.74) is 0. The van der Waals surface area contributed by atoms with Gasteiger partial charge >= 0.3 is 0 Å². The Kier molecular flexibility index (Phi) is 5.19. The molecule has 1 saturated heterocycles. The third-order valence-corrected chi connectivity index (χ3v) is 4.77. The molecule has 0 N–H and O–H groups in total. The summed E-state index contributed by atoms with van der Waals surface area (Å²) in [6.07, 6.45) is 5.29. The van der Waals surface area contributed by atoms with E-state index in [1.54, 1.807) is 12.4 Å². The van der Waals surface area contributed by atoms with Crippen LogP contribution >= 0.6 is 0 Å². The Hall–Kier alpha value is -3.08. The van der Waals surface area contributed by atoms with Gasteiger partial charge in [-0.15, -0.1) is 0 Å². The maximum atomic E-state index is 12.6. The minimum absolute atomic E-state index is 0.00534. The van der Waals surface area contributed by atoms with Crippen LogP contribution in [0.5, 0.6) is 11.5 Å². The van der Waals surface area contributed by atoms with E-state index in [2.05, 4.69) is 11.1 Å². The quantitative estimate of drug-likeness (QED) is 0.695. The number of fused-ring (bicyclic) bond motifs is 1. The Labute approximate surface area is 158 Å². The van der Waals surface area contributed by atoms with Crippen molar-refractivity contribution in [2.24, 2.45) is 0 Å². The van der Waals surface area contributed by atoms with Crippen LogP contribution in [0.25, 0.3) is 10.8 Å². The molecule has 0 aliphatic carbocycles. The van der Waals surface area contributed by atoms with Crippen molar-refractivity contribution < 1.29 is 14.3 Å². The Morgan fingerprint density at radius 3 is 2.70 bits per heavy atom. The number of ether oxygens (including phenoxy) is 2. The first kappa shape index (κ1) is 17.3. The second kappa shape index (κ2) is 8.08. The molecule has 1 aliphatic heterocycles. The number of carbonyl (C=O) groups is 1. The summed E-state index contributed by atoms with van der Waals surface area (Å²) >= 11 is 0. The predicted octanol–water partition coefficient (Wildman–Crippen LogP) is 3.68. The zero-order valence-corrected chi connectivity index (χ0v) is 15.1. The predicted molar refractivity (Wildman–Crippen MR) is 104 cm³/mol. The molecule has 1 unspecified atom stereocenters. The van der Waals surface area contributed by atoms with Gasteiger partial charge < -0.3 is 14.4 Å². The fourth-order valence-corrected chi connectivity index (χ4v) is 3.36. The van der Waals surface area contributed by atoms with Crippen LogP contribution in [-0.4, -0.2) is 41.6 Å². The Morgan fingerprint density at radius 2 is 1.85 bits per heavy atom. The van der Waals surface area contributed by atoms with Gasteiger partial charge in [0, 0.05) is 18.9 Å². The molecule has 0 radical (unpaired) electrons. The number of hydrogen-bond donors (Lipinski definition) is 0. The lowest BCUT2D eigenvalue weighted by molar-refractivity contribution is -0.136. The second-order valence-corrected chi connectivity index (χ2v) is 6.70. The topological polar surface area (TPSA) is 51.7 Å². The first-order valence-electron chi connectivity index (χ1n) is 9.24. The van der Waals surface area contributed by atoms with Crippen molar-refractivity contribution in [1.82, 2.24) is 9.88 Å². The van der Waals surface area contributed by atoms with E-state index in [1.807, 2.05) is 53.4 Å². The van der Waals surface area contributed by atoms with Crippen molar-refractivity contribution in [1.29, 1.82) is 0 Å². The van der Waals surface area contributed by atoms with Crippen LogP contribution in [0.15, 0.2) is 67.0 Å². The highest BCUT2D eigenvalue weighted by atomic mass is 16.5. The lowest BCUT2D eigenvalue weighted by atomic mass is 10.1. The van der Waals surface area contributed by atoms with Gasteiger partial charge in [0.05, 0.1) is 6.54 Å². The van der Waals surface area contributed by atoms with Crippen molar-refractivity contribution in [2.45, 2.75) is 18.9 Å². The lowest BCUT2D eigenvalue weighted by Crippen LogP contribution is -2.46. The Bertz CT molecular complexity index is 914. The first-order valence-corrected chi connectivity index (χ1v) is 9.24. The monoisotopic (exact) mass is 362 g/mol. The molecule has 27 heavy (non-hydrogen) atoms. The van der Waals surface area contributed by atoms with Crippen molar-refractivity contribution in [2.75, 3.05) is 19.7 Å². The number of carbonyl (C=O) groups excluding carboxylic acids is 1. The van der Waals surface area contributed by atoms with Crippen molar-refractivity contribution in [3.8, 4) is 11.5 Å². The molecule has 3 aromatic rings. The molecule has 1 fully saturated rings. The molecule has 2 heterocycles. The van der Waals surface area contributed by atoms with Gasteiger partial charge in [-0.3, -0.25) is 9.78 Å². The van der Waals surface area contributed by atoms with Crippen LogP contribution < -0.4 is 9.47 Å². The number of hydrogen-bond acceptors (Lipinski definition) is 4. The van der Waals surface area contributed by atoms with Crippen molar-refractivity contribution in [3.63, 3.8) is 0 Å². The SMILES string of the molecule is O=C(COc1ccc2ccccc2c1)N1CCCC(Oc2ccncc2)C1. The number of likely N-dealkylation sites (tertiary alicyclic amines) is 1. The van der Waals surface area contributed by atoms with Gasteiger partial charge in [-0.2, -0.15) is 0 Å². The standard InChI is InChI=1S/C22H22N2O3/c25-22(16-26-20-8-7-17-4-1-2-5-18(17)14-20)24-13-3-6-21(15-24)27-19-9-11-23-12-10-19/h1-2,4-5,7-12,14,21H,3,6,13,15-16H2. The van der Waals surface area contributed by atoms with Gasteiger partial charge in [-0.1, -0.05) is 30.3 Å². The molecular weight excluding hydrogens is 340 g/mol. The van der Waals surface area contributed by atoms with E-state index in [9.17, 15) is 4.79 Å². The fourth-order valence-electron chi connectivity index (χ4n) is 3.36. The molecule has 1 amide bonds. The van der Waals surface area contributed by atoms with Crippen LogP contribution in [0.1, 0.15) is 12.8 Å². The summed E-state index contributed by atoms with van der Waals surface area (Å²) in [5, 5.41) is 2.26. The summed E-state index contributed by atoms with van der Waals surface area (Å²) in [4.78, 5) is 18.4. The zero-order chi connectivity index (χ0) is 18.5. The molecule has 138 valence electrons. The molecule has 0 bridgehead atoms. The van der Waals surface area contributed by atoms with E-state index in [1.165, 1.54) is 0 Å². The van der Waals surface area contributed by atoms with Gasteiger partial charge in [0.25, 0.3) is 5.91 Å². The molecule has 5 heteroatoms. The van der Waals surface area contributed by atoms with E-state index in [4.69, 9.17) is 9.47 Å². The molecule has 4 rings (SSSR count). The molecule has 5 nitrogen and oxygen atoms in total. The van der Waals surface area contributed by atoms with Crippen LogP contribution in [0.2, 0.25) is 0 Å². The number of rotatable bonds is 5. The minimum Gasteiger partial charge on any atom is -0.488 e. The van der Waals surface area contributed by atoms with E-state index in [-0.39, 0.29) is 18.6 Å². The number of amides is 1. The summed E-state index contributed by atoms with van der Waals surface area (Å²) in [6, 6.07) is 17.6. The average Bonchev–Trinajstić information content (AvgIpc) is 2.73. The molecular formula is C22H22N2O3. The maximum absolute atomic E-state index is 12.6.